The Morgan fingerprint density at radius 2 is 2.04 bits per heavy atom. The van der Waals surface area contributed by atoms with E-state index >= 15 is 0 Å². The first-order valence-corrected chi connectivity index (χ1v) is 7.91. The van der Waals surface area contributed by atoms with Crippen LogP contribution >= 0.6 is 0 Å². The normalized spacial score (nSPS) is 15.5. The van der Waals surface area contributed by atoms with Crippen molar-refractivity contribution in [1.29, 1.82) is 0 Å². The summed E-state index contributed by atoms with van der Waals surface area (Å²) in [4.78, 5) is 31.3. The Kier molecular flexibility index (Phi) is 3.84. The molecular formula is C16H14N8O2. The number of carbonyl (C=O) groups excluding carboxylic acids is 2. The van der Waals surface area contributed by atoms with Crippen molar-refractivity contribution in [2.45, 2.75) is 18.9 Å². The summed E-state index contributed by atoms with van der Waals surface area (Å²) in [5.41, 5.74) is 8.32. The third-order valence-corrected chi connectivity index (χ3v) is 4.28. The van der Waals surface area contributed by atoms with Crippen molar-refractivity contribution < 1.29 is 9.59 Å². The van der Waals surface area contributed by atoms with Gasteiger partial charge in [0.1, 0.15) is 17.7 Å². The SMILES string of the molecule is NC(=O)c1cc(C(=O)N[C@H]2CCc3cc(-c4nn[nH]n4)ccc32)ncn1. The van der Waals surface area contributed by atoms with Crippen molar-refractivity contribution in [1.82, 2.24) is 35.9 Å². The molecule has 26 heavy (non-hydrogen) atoms. The van der Waals surface area contributed by atoms with Gasteiger partial charge in [0.15, 0.2) is 0 Å². The summed E-state index contributed by atoms with van der Waals surface area (Å²) in [6.07, 6.45) is 2.74. The number of hydrogen-bond acceptors (Lipinski definition) is 7. The van der Waals surface area contributed by atoms with Crippen LogP contribution < -0.4 is 11.1 Å². The number of H-pyrrole nitrogens is 1. The van der Waals surface area contributed by atoms with Gasteiger partial charge in [-0.3, -0.25) is 9.59 Å². The van der Waals surface area contributed by atoms with Gasteiger partial charge in [-0.15, -0.1) is 10.2 Å². The van der Waals surface area contributed by atoms with Crippen molar-refractivity contribution >= 4 is 11.8 Å². The van der Waals surface area contributed by atoms with Crippen LogP contribution in [0.2, 0.25) is 0 Å². The summed E-state index contributed by atoms with van der Waals surface area (Å²) in [6, 6.07) is 7.00. The Hall–Kier alpha value is -3.69. The summed E-state index contributed by atoms with van der Waals surface area (Å²) in [5.74, 6) is -0.558. The predicted octanol–water partition coefficient (Wildman–Crippen LogP) is 0.173. The fourth-order valence-electron chi connectivity index (χ4n) is 3.04. The van der Waals surface area contributed by atoms with E-state index < -0.39 is 5.91 Å². The lowest BCUT2D eigenvalue weighted by molar-refractivity contribution is 0.0931. The first-order chi connectivity index (χ1) is 12.6. The van der Waals surface area contributed by atoms with E-state index in [1.54, 1.807) is 0 Å². The zero-order valence-electron chi connectivity index (χ0n) is 13.5. The average Bonchev–Trinajstić information content (AvgIpc) is 3.32. The van der Waals surface area contributed by atoms with Gasteiger partial charge in [0.25, 0.3) is 11.8 Å². The van der Waals surface area contributed by atoms with Crippen LogP contribution in [-0.4, -0.2) is 42.4 Å². The molecule has 1 atom stereocenters. The molecule has 0 radical (unpaired) electrons. The summed E-state index contributed by atoms with van der Waals surface area (Å²) in [5, 5.41) is 16.9. The molecule has 0 saturated carbocycles. The second-order valence-corrected chi connectivity index (χ2v) is 5.87. The molecule has 2 aromatic heterocycles. The van der Waals surface area contributed by atoms with Gasteiger partial charge >= 0.3 is 0 Å². The second-order valence-electron chi connectivity index (χ2n) is 5.87. The molecule has 10 heteroatoms. The van der Waals surface area contributed by atoms with E-state index in [0.29, 0.717) is 5.82 Å². The van der Waals surface area contributed by atoms with E-state index in [1.165, 1.54) is 6.07 Å². The molecule has 1 aliphatic carbocycles. The fraction of sp³-hybridized carbons (Fsp3) is 0.188. The molecule has 3 aromatic rings. The van der Waals surface area contributed by atoms with Gasteiger partial charge in [0.2, 0.25) is 5.82 Å². The van der Waals surface area contributed by atoms with E-state index in [1.807, 2.05) is 18.2 Å². The maximum Gasteiger partial charge on any atom is 0.270 e. The number of aromatic nitrogens is 6. The molecule has 0 spiro atoms. The molecule has 0 aliphatic heterocycles. The Labute approximate surface area is 147 Å². The summed E-state index contributed by atoms with van der Waals surface area (Å²) in [7, 11) is 0. The van der Waals surface area contributed by atoms with Gasteiger partial charge in [-0.25, -0.2) is 9.97 Å². The van der Waals surface area contributed by atoms with Gasteiger partial charge < -0.3 is 11.1 Å². The minimum Gasteiger partial charge on any atom is -0.364 e. The third-order valence-electron chi connectivity index (χ3n) is 4.28. The number of primary amides is 1. The Morgan fingerprint density at radius 1 is 1.19 bits per heavy atom. The summed E-state index contributed by atoms with van der Waals surface area (Å²) in [6.45, 7) is 0. The minimum atomic E-state index is -0.707. The molecule has 1 aromatic carbocycles. The van der Waals surface area contributed by atoms with Crippen LogP contribution in [0.3, 0.4) is 0 Å². The quantitative estimate of drug-likeness (QED) is 0.606. The van der Waals surface area contributed by atoms with Crippen LogP contribution in [0.1, 0.15) is 44.6 Å². The maximum absolute atomic E-state index is 12.5. The predicted molar refractivity (Wildman–Crippen MR) is 88.7 cm³/mol. The zero-order chi connectivity index (χ0) is 18.1. The van der Waals surface area contributed by atoms with Crippen LogP contribution in [0.25, 0.3) is 11.4 Å². The standard InChI is InChI=1S/C16H14N8O2/c17-14(25)12-6-13(19-7-18-12)16(26)20-11-4-2-8-5-9(1-3-10(8)11)15-21-23-24-22-15/h1,3,5-7,11H,2,4H2,(H2,17,25)(H,20,26)(H,21,22,23,24)/t11-/m0/s1. The number of tetrazole rings is 1. The van der Waals surface area contributed by atoms with Crippen LogP contribution in [0.5, 0.6) is 0 Å². The third kappa shape index (κ3) is 2.88. The Bertz CT molecular complexity index is 986. The van der Waals surface area contributed by atoms with Crippen molar-refractivity contribution in [2.75, 3.05) is 0 Å². The number of aryl methyl sites for hydroxylation is 1. The van der Waals surface area contributed by atoms with Crippen LogP contribution in [0.4, 0.5) is 0 Å². The largest absolute Gasteiger partial charge is 0.364 e. The number of fused-ring (bicyclic) bond motifs is 1. The molecule has 4 rings (SSSR count). The molecule has 2 amide bonds. The Morgan fingerprint density at radius 3 is 2.81 bits per heavy atom. The number of amides is 2. The monoisotopic (exact) mass is 350 g/mol. The number of hydrogen-bond donors (Lipinski definition) is 3. The molecule has 1 aliphatic rings. The van der Waals surface area contributed by atoms with Gasteiger partial charge in [-0.05, 0) is 35.2 Å². The smallest absolute Gasteiger partial charge is 0.270 e. The molecule has 4 N–H and O–H groups in total. The van der Waals surface area contributed by atoms with Crippen LogP contribution in [-0.2, 0) is 6.42 Å². The molecule has 130 valence electrons. The minimum absolute atomic E-state index is 0.00160. The zero-order valence-corrected chi connectivity index (χ0v) is 13.5. The second kappa shape index (κ2) is 6.31. The van der Waals surface area contributed by atoms with E-state index in [2.05, 4.69) is 35.9 Å². The number of nitrogens with one attached hydrogen (secondary N) is 2. The number of rotatable bonds is 4. The topological polar surface area (TPSA) is 152 Å². The average molecular weight is 350 g/mol. The van der Waals surface area contributed by atoms with E-state index in [4.69, 9.17) is 5.73 Å². The van der Waals surface area contributed by atoms with Crippen molar-refractivity contribution in [2.24, 2.45) is 5.73 Å². The number of aromatic amines is 1. The van der Waals surface area contributed by atoms with E-state index in [0.717, 1.165) is 35.9 Å². The molecule has 0 unspecified atom stereocenters. The lowest BCUT2D eigenvalue weighted by Gasteiger charge is -2.14. The lowest BCUT2D eigenvalue weighted by Crippen LogP contribution is -2.28. The maximum atomic E-state index is 12.5. The highest BCUT2D eigenvalue weighted by atomic mass is 16.2. The van der Waals surface area contributed by atoms with Crippen molar-refractivity contribution in [3.63, 3.8) is 0 Å². The first-order valence-electron chi connectivity index (χ1n) is 7.91. The molecule has 0 saturated heterocycles. The van der Waals surface area contributed by atoms with Crippen molar-refractivity contribution in [3.8, 4) is 11.4 Å². The molecule has 0 bridgehead atoms. The highest BCUT2D eigenvalue weighted by molar-refractivity contribution is 5.96. The van der Waals surface area contributed by atoms with Gasteiger partial charge in [0.05, 0.1) is 6.04 Å². The summed E-state index contributed by atoms with van der Waals surface area (Å²) < 4.78 is 0. The highest BCUT2D eigenvalue weighted by Gasteiger charge is 2.25. The van der Waals surface area contributed by atoms with E-state index in [-0.39, 0.29) is 23.3 Å². The molecule has 10 nitrogen and oxygen atoms in total. The fourth-order valence-corrected chi connectivity index (χ4v) is 3.04. The molecular weight excluding hydrogens is 336 g/mol. The van der Waals surface area contributed by atoms with Gasteiger partial charge in [-0.1, -0.05) is 12.1 Å². The van der Waals surface area contributed by atoms with Gasteiger partial charge in [-0.2, -0.15) is 5.21 Å². The Balaban J connectivity index is 1.54. The van der Waals surface area contributed by atoms with Crippen molar-refractivity contribution in [3.05, 3.63) is 53.1 Å². The number of benzene rings is 1. The molecule has 2 heterocycles. The summed E-state index contributed by atoms with van der Waals surface area (Å²) >= 11 is 0. The molecule has 0 fully saturated rings. The highest BCUT2D eigenvalue weighted by Crippen LogP contribution is 2.33. The first kappa shape index (κ1) is 15.8. The lowest BCUT2D eigenvalue weighted by atomic mass is 10.0. The van der Waals surface area contributed by atoms with Gasteiger partial charge in [0, 0.05) is 11.6 Å². The van der Waals surface area contributed by atoms with Crippen LogP contribution in [0, 0.1) is 0 Å². The number of nitrogens with two attached hydrogens (primary N) is 1. The van der Waals surface area contributed by atoms with Crippen LogP contribution in [0.15, 0.2) is 30.6 Å². The number of carbonyl (C=O) groups is 2. The number of nitrogens with zero attached hydrogens (tertiary/aromatic N) is 5. The van der Waals surface area contributed by atoms with E-state index in [9.17, 15) is 9.59 Å².